The van der Waals surface area contributed by atoms with E-state index in [0.717, 1.165) is 18.5 Å². The number of benzene rings is 1. The summed E-state index contributed by atoms with van der Waals surface area (Å²) < 4.78 is 0. The van der Waals surface area contributed by atoms with Crippen molar-refractivity contribution in [3.63, 3.8) is 0 Å². The van der Waals surface area contributed by atoms with Crippen LogP contribution in [0.4, 0.5) is 5.69 Å². The highest BCUT2D eigenvalue weighted by atomic mass is 16.3. The molecule has 78 valence electrons. The van der Waals surface area contributed by atoms with Gasteiger partial charge < -0.3 is 10.4 Å². The van der Waals surface area contributed by atoms with Gasteiger partial charge in [0.05, 0.1) is 6.10 Å². The van der Waals surface area contributed by atoms with Crippen molar-refractivity contribution in [3.8, 4) is 0 Å². The average Bonchev–Trinajstić information content (AvgIpc) is 2.17. The van der Waals surface area contributed by atoms with Crippen LogP contribution in [0.5, 0.6) is 0 Å². The van der Waals surface area contributed by atoms with Gasteiger partial charge in [-0.15, -0.1) is 0 Å². The van der Waals surface area contributed by atoms with Crippen LogP contribution in [0.25, 0.3) is 0 Å². The number of hydrogen-bond donors (Lipinski definition) is 2. The predicted octanol–water partition coefficient (Wildman–Crippen LogP) is 2.43. The lowest BCUT2D eigenvalue weighted by Gasteiger charge is -2.12. The first kappa shape index (κ1) is 11.1. The minimum Gasteiger partial charge on any atom is -0.392 e. The molecule has 0 aromatic heterocycles. The van der Waals surface area contributed by atoms with E-state index in [1.165, 1.54) is 5.56 Å². The second-order valence-electron chi connectivity index (χ2n) is 3.64. The van der Waals surface area contributed by atoms with E-state index in [1.54, 1.807) is 6.92 Å². The minimum atomic E-state index is -0.301. The van der Waals surface area contributed by atoms with Gasteiger partial charge in [-0.2, -0.15) is 0 Å². The van der Waals surface area contributed by atoms with Crippen molar-refractivity contribution in [2.24, 2.45) is 0 Å². The second kappa shape index (κ2) is 5.66. The smallest absolute Gasteiger partial charge is 0.0684 e. The van der Waals surface area contributed by atoms with Gasteiger partial charge in [0.2, 0.25) is 0 Å². The van der Waals surface area contributed by atoms with E-state index in [9.17, 15) is 5.11 Å². The topological polar surface area (TPSA) is 32.3 Å². The average molecular weight is 193 g/mol. The van der Waals surface area contributed by atoms with E-state index < -0.39 is 0 Å². The van der Waals surface area contributed by atoms with Gasteiger partial charge in [0.15, 0.2) is 0 Å². The monoisotopic (exact) mass is 193 g/mol. The highest BCUT2D eigenvalue weighted by Gasteiger charge is 2.01. The molecule has 0 fully saturated rings. The number of para-hydroxylation sites is 1. The molecule has 0 unspecified atom stereocenters. The maximum absolute atomic E-state index is 9.17. The van der Waals surface area contributed by atoms with Crippen LogP contribution in [0.15, 0.2) is 24.3 Å². The van der Waals surface area contributed by atoms with Gasteiger partial charge in [-0.05, 0) is 25.0 Å². The molecule has 0 saturated carbocycles. The summed E-state index contributed by atoms with van der Waals surface area (Å²) in [5.74, 6) is 0. The third-order valence-corrected chi connectivity index (χ3v) is 2.12. The summed E-state index contributed by atoms with van der Waals surface area (Å²) in [4.78, 5) is 0. The minimum absolute atomic E-state index is 0.301. The lowest BCUT2D eigenvalue weighted by molar-refractivity contribution is 0.208. The summed E-state index contributed by atoms with van der Waals surface area (Å²) >= 11 is 0. The Labute approximate surface area is 86.0 Å². The largest absolute Gasteiger partial charge is 0.392 e. The molecular weight excluding hydrogens is 174 g/mol. The number of aliphatic hydroxyl groups is 1. The van der Waals surface area contributed by atoms with Gasteiger partial charge in [-0.25, -0.2) is 0 Å². The first-order valence-electron chi connectivity index (χ1n) is 5.24. The number of anilines is 1. The molecule has 1 aromatic rings. The zero-order valence-electron chi connectivity index (χ0n) is 8.96. The van der Waals surface area contributed by atoms with Crippen LogP contribution in [0.1, 0.15) is 25.8 Å². The van der Waals surface area contributed by atoms with Crippen LogP contribution in [-0.2, 0) is 6.42 Å². The molecule has 2 nitrogen and oxygen atoms in total. The van der Waals surface area contributed by atoms with Crippen molar-refractivity contribution in [2.75, 3.05) is 11.9 Å². The number of nitrogens with one attached hydrogen (secondary N) is 1. The number of rotatable bonds is 5. The lowest BCUT2D eigenvalue weighted by Crippen LogP contribution is -2.16. The highest BCUT2D eigenvalue weighted by Crippen LogP contribution is 2.16. The first-order valence-corrected chi connectivity index (χ1v) is 5.24. The van der Waals surface area contributed by atoms with E-state index in [1.807, 2.05) is 6.07 Å². The van der Waals surface area contributed by atoms with Crippen molar-refractivity contribution in [1.82, 2.24) is 0 Å². The number of aliphatic hydroxyl groups excluding tert-OH is 1. The standard InChI is InChI=1S/C12H19NO/c1-3-6-11-7-4-5-8-12(11)13-9-10(2)14/h4-5,7-8,10,13-14H,3,6,9H2,1-2H3/t10-/m0/s1. The van der Waals surface area contributed by atoms with Gasteiger partial charge in [-0.1, -0.05) is 31.5 Å². The van der Waals surface area contributed by atoms with Gasteiger partial charge in [0.1, 0.15) is 0 Å². The molecule has 0 radical (unpaired) electrons. The van der Waals surface area contributed by atoms with Crippen molar-refractivity contribution in [3.05, 3.63) is 29.8 Å². The fraction of sp³-hybridized carbons (Fsp3) is 0.500. The maximum Gasteiger partial charge on any atom is 0.0684 e. The first-order chi connectivity index (χ1) is 6.74. The van der Waals surface area contributed by atoms with Gasteiger partial charge in [0, 0.05) is 12.2 Å². The van der Waals surface area contributed by atoms with E-state index in [0.29, 0.717) is 6.54 Å². The quantitative estimate of drug-likeness (QED) is 0.752. The zero-order chi connectivity index (χ0) is 10.4. The number of aryl methyl sites for hydroxylation is 1. The Hall–Kier alpha value is -1.02. The molecule has 1 atom stereocenters. The van der Waals surface area contributed by atoms with Gasteiger partial charge in [0.25, 0.3) is 0 Å². The van der Waals surface area contributed by atoms with Gasteiger partial charge >= 0.3 is 0 Å². The Morgan fingerprint density at radius 1 is 1.36 bits per heavy atom. The molecule has 0 spiro atoms. The Kier molecular flexibility index (Phi) is 4.47. The molecule has 0 bridgehead atoms. The Morgan fingerprint density at radius 3 is 2.71 bits per heavy atom. The SMILES string of the molecule is CCCc1ccccc1NC[C@H](C)O. The Balaban J connectivity index is 2.64. The molecule has 2 N–H and O–H groups in total. The van der Waals surface area contributed by atoms with Crippen LogP contribution < -0.4 is 5.32 Å². The third kappa shape index (κ3) is 3.38. The van der Waals surface area contributed by atoms with Crippen LogP contribution in [-0.4, -0.2) is 17.8 Å². The van der Waals surface area contributed by atoms with Crippen molar-refractivity contribution in [2.45, 2.75) is 32.8 Å². The van der Waals surface area contributed by atoms with Crippen LogP contribution >= 0.6 is 0 Å². The second-order valence-corrected chi connectivity index (χ2v) is 3.64. The maximum atomic E-state index is 9.17. The van der Waals surface area contributed by atoms with Crippen molar-refractivity contribution < 1.29 is 5.11 Å². The molecular formula is C12H19NO. The Bertz CT molecular complexity index is 271. The van der Waals surface area contributed by atoms with E-state index in [2.05, 4.69) is 30.4 Å². The summed E-state index contributed by atoms with van der Waals surface area (Å²) in [5, 5.41) is 12.4. The summed E-state index contributed by atoms with van der Waals surface area (Å²) in [6.07, 6.45) is 1.93. The molecule has 0 aliphatic heterocycles. The van der Waals surface area contributed by atoms with E-state index >= 15 is 0 Å². The fourth-order valence-corrected chi connectivity index (χ4v) is 1.44. The summed E-state index contributed by atoms with van der Waals surface area (Å²) in [6.45, 7) is 4.57. The fourth-order valence-electron chi connectivity index (χ4n) is 1.44. The van der Waals surface area contributed by atoms with Crippen molar-refractivity contribution >= 4 is 5.69 Å². The third-order valence-electron chi connectivity index (χ3n) is 2.12. The lowest BCUT2D eigenvalue weighted by atomic mass is 10.1. The molecule has 0 aliphatic carbocycles. The van der Waals surface area contributed by atoms with E-state index in [-0.39, 0.29) is 6.10 Å². The van der Waals surface area contributed by atoms with Crippen molar-refractivity contribution in [1.29, 1.82) is 0 Å². The highest BCUT2D eigenvalue weighted by molar-refractivity contribution is 5.51. The van der Waals surface area contributed by atoms with Crippen LogP contribution in [0.2, 0.25) is 0 Å². The summed E-state index contributed by atoms with van der Waals surface area (Å²) in [5.41, 5.74) is 2.48. The normalized spacial score (nSPS) is 12.5. The molecule has 1 rings (SSSR count). The number of hydrogen-bond acceptors (Lipinski definition) is 2. The Morgan fingerprint density at radius 2 is 2.07 bits per heavy atom. The summed E-state index contributed by atoms with van der Waals surface area (Å²) in [7, 11) is 0. The molecule has 0 amide bonds. The van der Waals surface area contributed by atoms with Gasteiger partial charge in [-0.3, -0.25) is 0 Å². The predicted molar refractivity (Wildman–Crippen MR) is 60.6 cm³/mol. The molecule has 0 aliphatic rings. The molecule has 1 aromatic carbocycles. The molecule has 0 saturated heterocycles. The molecule has 0 heterocycles. The van der Waals surface area contributed by atoms with E-state index in [4.69, 9.17) is 0 Å². The summed E-state index contributed by atoms with van der Waals surface area (Å²) in [6, 6.07) is 8.27. The van der Waals surface area contributed by atoms with Crippen LogP contribution in [0.3, 0.4) is 0 Å². The molecule has 2 heteroatoms. The van der Waals surface area contributed by atoms with Crippen LogP contribution in [0, 0.1) is 0 Å². The zero-order valence-corrected chi connectivity index (χ0v) is 8.96. The molecule has 14 heavy (non-hydrogen) atoms.